The topological polar surface area (TPSA) is 75.6 Å². The summed E-state index contributed by atoms with van der Waals surface area (Å²) >= 11 is 0. The van der Waals surface area contributed by atoms with Crippen LogP contribution in [0, 0.1) is 5.82 Å². The fraction of sp³-hybridized carbons (Fsp3) is 0.100. The molecule has 1 amide bonds. The standard InChI is InChI=1S/C20H16FNO4/c21-15-8-5-13(6-9-15)11-22-18(23)12-26-20(25)17-10-7-14-3-1-2-4-16(14)19(17)24/h1-10,24H,11-12H2,(H,22,23). The van der Waals surface area contributed by atoms with Crippen molar-refractivity contribution < 1.29 is 23.8 Å². The molecule has 0 aliphatic carbocycles. The number of phenols is 1. The van der Waals surface area contributed by atoms with Gasteiger partial charge in [0.25, 0.3) is 5.91 Å². The quantitative estimate of drug-likeness (QED) is 0.691. The molecule has 6 heteroatoms. The summed E-state index contributed by atoms with van der Waals surface area (Å²) in [7, 11) is 0. The van der Waals surface area contributed by atoms with E-state index in [-0.39, 0.29) is 23.7 Å². The van der Waals surface area contributed by atoms with Crippen molar-refractivity contribution >= 4 is 22.6 Å². The summed E-state index contributed by atoms with van der Waals surface area (Å²) in [5.74, 6) is -1.82. The minimum Gasteiger partial charge on any atom is -0.506 e. The Hall–Kier alpha value is -3.41. The maximum Gasteiger partial charge on any atom is 0.342 e. The molecule has 3 aromatic rings. The van der Waals surface area contributed by atoms with Gasteiger partial charge >= 0.3 is 5.97 Å². The van der Waals surface area contributed by atoms with Crippen LogP contribution in [-0.2, 0) is 16.1 Å². The fourth-order valence-electron chi connectivity index (χ4n) is 2.48. The average molecular weight is 353 g/mol. The van der Waals surface area contributed by atoms with Gasteiger partial charge in [0, 0.05) is 11.9 Å². The molecule has 3 aromatic carbocycles. The summed E-state index contributed by atoms with van der Waals surface area (Å²) in [6, 6.07) is 15.9. The predicted octanol–water partition coefficient (Wildman–Crippen LogP) is 3.16. The van der Waals surface area contributed by atoms with Crippen LogP contribution in [-0.4, -0.2) is 23.6 Å². The Kier molecular flexibility index (Phi) is 5.12. The number of hydrogen-bond donors (Lipinski definition) is 2. The van der Waals surface area contributed by atoms with E-state index in [0.29, 0.717) is 5.39 Å². The SMILES string of the molecule is O=C(COC(=O)c1ccc2ccccc2c1O)NCc1ccc(F)cc1. The summed E-state index contributed by atoms with van der Waals surface area (Å²) in [6.45, 7) is -0.288. The van der Waals surface area contributed by atoms with Gasteiger partial charge in [0.1, 0.15) is 17.1 Å². The number of benzene rings is 3. The second-order valence-electron chi connectivity index (χ2n) is 5.66. The van der Waals surface area contributed by atoms with Gasteiger partial charge in [-0.05, 0) is 29.1 Å². The summed E-state index contributed by atoms with van der Waals surface area (Å²) in [6.07, 6.45) is 0. The highest BCUT2D eigenvalue weighted by Crippen LogP contribution is 2.28. The van der Waals surface area contributed by atoms with E-state index in [1.165, 1.54) is 18.2 Å². The molecule has 2 N–H and O–H groups in total. The van der Waals surface area contributed by atoms with Crippen LogP contribution in [0.3, 0.4) is 0 Å². The highest BCUT2D eigenvalue weighted by molar-refractivity contribution is 6.01. The van der Waals surface area contributed by atoms with Crippen LogP contribution in [0.15, 0.2) is 60.7 Å². The maximum atomic E-state index is 12.8. The number of hydrogen-bond acceptors (Lipinski definition) is 4. The molecule has 0 saturated heterocycles. The number of halogens is 1. The zero-order chi connectivity index (χ0) is 18.5. The number of aromatic hydroxyl groups is 1. The molecule has 26 heavy (non-hydrogen) atoms. The van der Waals surface area contributed by atoms with Gasteiger partial charge in [-0.1, -0.05) is 42.5 Å². The molecule has 0 aromatic heterocycles. The van der Waals surface area contributed by atoms with Gasteiger partial charge in [-0.25, -0.2) is 9.18 Å². The molecule has 0 heterocycles. The van der Waals surface area contributed by atoms with E-state index in [9.17, 15) is 19.1 Å². The van der Waals surface area contributed by atoms with E-state index in [4.69, 9.17) is 4.74 Å². The van der Waals surface area contributed by atoms with E-state index in [1.54, 1.807) is 30.3 Å². The van der Waals surface area contributed by atoms with Crippen LogP contribution in [0.1, 0.15) is 15.9 Å². The lowest BCUT2D eigenvalue weighted by Gasteiger charge is -2.09. The van der Waals surface area contributed by atoms with Crippen LogP contribution >= 0.6 is 0 Å². The molecule has 0 atom stereocenters. The Morgan fingerprint density at radius 1 is 1.00 bits per heavy atom. The highest BCUT2D eigenvalue weighted by atomic mass is 19.1. The Morgan fingerprint density at radius 2 is 1.73 bits per heavy atom. The van der Waals surface area contributed by atoms with Crippen molar-refractivity contribution in [2.45, 2.75) is 6.54 Å². The van der Waals surface area contributed by atoms with E-state index >= 15 is 0 Å². The van der Waals surface area contributed by atoms with Crippen molar-refractivity contribution in [3.05, 3.63) is 77.6 Å². The molecule has 0 saturated carbocycles. The summed E-state index contributed by atoms with van der Waals surface area (Å²) < 4.78 is 17.8. The van der Waals surface area contributed by atoms with Crippen LogP contribution in [0.25, 0.3) is 10.8 Å². The lowest BCUT2D eigenvalue weighted by molar-refractivity contribution is -0.124. The van der Waals surface area contributed by atoms with Gasteiger partial charge < -0.3 is 15.2 Å². The van der Waals surface area contributed by atoms with Gasteiger partial charge in [0.05, 0.1) is 0 Å². The molecule has 3 rings (SSSR count). The fourth-order valence-corrected chi connectivity index (χ4v) is 2.48. The number of nitrogens with one attached hydrogen (secondary N) is 1. The average Bonchev–Trinajstić information content (AvgIpc) is 2.66. The molecule has 132 valence electrons. The summed E-state index contributed by atoms with van der Waals surface area (Å²) in [4.78, 5) is 23.9. The van der Waals surface area contributed by atoms with Crippen molar-refractivity contribution in [1.29, 1.82) is 0 Å². The number of fused-ring (bicyclic) bond motifs is 1. The molecular weight excluding hydrogens is 337 g/mol. The number of carbonyl (C=O) groups is 2. The van der Waals surface area contributed by atoms with E-state index in [1.807, 2.05) is 12.1 Å². The number of phenolic OH excluding ortho intramolecular Hbond substituents is 1. The first-order chi connectivity index (χ1) is 12.5. The zero-order valence-electron chi connectivity index (χ0n) is 13.7. The van der Waals surface area contributed by atoms with Crippen molar-refractivity contribution in [2.24, 2.45) is 0 Å². The normalized spacial score (nSPS) is 10.5. The number of carbonyl (C=O) groups excluding carboxylic acids is 2. The monoisotopic (exact) mass is 353 g/mol. The summed E-state index contributed by atoms with van der Waals surface area (Å²) in [5.41, 5.74) is 0.716. The van der Waals surface area contributed by atoms with Gasteiger partial charge in [0.2, 0.25) is 0 Å². The van der Waals surface area contributed by atoms with E-state index in [2.05, 4.69) is 5.32 Å². The number of esters is 1. The van der Waals surface area contributed by atoms with Crippen LogP contribution in [0.2, 0.25) is 0 Å². The largest absolute Gasteiger partial charge is 0.506 e. The Bertz CT molecular complexity index is 954. The van der Waals surface area contributed by atoms with Gasteiger partial charge in [-0.15, -0.1) is 0 Å². The third kappa shape index (κ3) is 3.97. The molecular formula is C20H16FNO4. The van der Waals surface area contributed by atoms with Gasteiger partial charge in [-0.2, -0.15) is 0 Å². The molecule has 0 radical (unpaired) electrons. The molecule has 5 nitrogen and oxygen atoms in total. The molecule has 0 spiro atoms. The number of amides is 1. The van der Waals surface area contributed by atoms with Crippen molar-refractivity contribution in [3.63, 3.8) is 0 Å². The Labute approximate surface area is 149 Å². The Morgan fingerprint density at radius 3 is 2.50 bits per heavy atom. The summed E-state index contributed by atoms with van der Waals surface area (Å²) in [5, 5.41) is 14.1. The second kappa shape index (κ2) is 7.65. The lowest BCUT2D eigenvalue weighted by atomic mass is 10.1. The first-order valence-corrected chi connectivity index (χ1v) is 7.93. The third-order valence-corrected chi connectivity index (χ3v) is 3.86. The minimum absolute atomic E-state index is 0.00460. The van der Waals surface area contributed by atoms with Gasteiger partial charge in [-0.3, -0.25) is 4.79 Å². The first-order valence-electron chi connectivity index (χ1n) is 7.93. The smallest absolute Gasteiger partial charge is 0.342 e. The minimum atomic E-state index is -0.787. The Balaban J connectivity index is 1.57. The lowest BCUT2D eigenvalue weighted by Crippen LogP contribution is -2.28. The zero-order valence-corrected chi connectivity index (χ0v) is 13.7. The second-order valence-corrected chi connectivity index (χ2v) is 5.66. The maximum absolute atomic E-state index is 12.8. The molecule has 0 aliphatic heterocycles. The van der Waals surface area contributed by atoms with Crippen LogP contribution < -0.4 is 5.32 Å². The van der Waals surface area contributed by atoms with Crippen LogP contribution in [0.5, 0.6) is 5.75 Å². The van der Waals surface area contributed by atoms with E-state index in [0.717, 1.165) is 10.9 Å². The number of ether oxygens (including phenoxy) is 1. The van der Waals surface area contributed by atoms with Crippen molar-refractivity contribution in [3.8, 4) is 5.75 Å². The van der Waals surface area contributed by atoms with Gasteiger partial charge in [0.15, 0.2) is 6.61 Å². The van der Waals surface area contributed by atoms with Crippen molar-refractivity contribution in [1.82, 2.24) is 5.32 Å². The molecule has 0 fully saturated rings. The predicted molar refractivity (Wildman–Crippen MR) is 94.1 cm³/mol. The third-order valence-electron chi connectivity index (χ3n) is 3.86. The molecule has 0 bridgehead atoms. The molecule has 0 unspecified atom stereocenters. The molecule has 0 aliphatic rings. The van der Waals surface area contributed by atoms with E-state index < -0.39 is 18.5 Å². The first kappa shape index (κ1) is 17.4. The van der Waals surface area contributed by atoms with Crippen LogP contribution in [0.4, 0.5) is 4.39 Å². The highest BCUT2D eigenvalue weighted by Gasteiger charge is 2.16. The number of rotatable bonds is 5. The van der Waals surface area contributed by atoms with Crippen molar-refractivity contribution in [2.75, 3.05) is 6.61 Å².